The van der Waals surface area contributed by atoms with Crippen LogP contribution in [0.5, 0.6) is 0 Å². The summed E-state index contributed by atoms with van der Waals surface area (Å²) in [5.74, 6) is 0. The van der Waals surface area contributed by atoms with Gasteiger partial charge in [0.25, 0.3) is 0 Å². The standard InChI is InChI=1S/C31H25N/c1-24-10-8-16-30(22-24)32(29-20-18-27(19-21-29)25-11-4-2-5-12-25)31-17-9-15-28(23-31)26-13-6-3-7-14-26/h2-23H,1H3. The number of nitrogens with zero attached hydrogens (tertiary/aromatic N) is 1. The Morgan fingerprint density at radius 3 is 1.50 bits per heavy atom. The second-order valence-electron chi connectivity index (χ2n) is 8.00. The van der Waals surface area contributed by atoms with Crippen LogP contribution in [-0.2, 0) is 0 Å². The molecule has 0 saturated carbocycles. The monoisotopic (exact) mass is 411 g/mol. The van der Waals surface area contributed by atoms with Gasteiger partial charge in [-0.3, -0.25) is 0 Å². The van der Waals surface area contributed by atoms with Crippen molar-refractivity contribution in [1.82, 2.24) is 0 Å². The summed E-state index contributed by atoms with van der Waals surface area (Å²) < 4.78 is 0. The van der Waals surface area contributed by atoms with E-state index in [0.29, 0.717) is 0 Å². The molecule has 1 heteroatoms. The predicted octanol–water partition coefficient (Wildman–Crippen LogP) is 8.80. The Hall–Kier alpha value is -4.10. The third kappa shape index (κ3) is 4.19. The van der Waals surface area contributed by atoms with E-state index in [1.54, 1.807) is 0 Å². The zero-order valence-corrected chi connectivity index (χ0v) is 18.1. The van der Waals surface area contributed by atoms with E-state index in [9.17, 15) is 0 Å². The van der Waals surface area contributed by atoms with E-state index in [2.05, 4.69) is 145 Å². The molecule has 154 valence electrons. The molecule has 32 heavy (non-hydrogen) atoms. The molecular formula is C31H25N. The summed E-state index contributed by atoms with van der Waals surface area (Å²) in [6, 6.07) is 47.3. The van der Waals surface area contributed by atoms with Crippen molar-refractivity contribution in [2.45, 2.75) is 6.92 Å². The molecule has 5 aromatic carbocycles. The molecule has 0 N–H and O–H groups in total. The number of rotatable bonds is 5. The summed E-state index contributed by atoms with van der Waals surface area (Å²) in [7, 11) is 0. The molecule has 0 aliphatic rings. The van der Waals surface area contributed by atoms with Gasteiger partial charge in [-0.2, -0.15) is 0 Å². The largest absolute Gasteiger partial charge is 0.310 e. The van der Waals surface area contributed by atoms with Crippen molar-refractivity contribution < 1.29 is 0 Å². The normalized spacial score (nSPS) is 10.7. The van der Waals surface area contributed by atoms with Crippen LogP contribution in [0, 0.1) is 6.92 Å². The minimum absolute atomic E-state index is 1.14. The molecule has 0 spiro atoms. The van der Waals surface area contributed by atoms with Gasteiger partial charge in [-0.05, 0) is 71.1 Å². The van der Waals surface area contributed by atoms with Gasteiger partial charge in [0.15, 0.2) is 0 Å². The van der Waals surface area contributed by atoms with E-state index in [1.807, 2.05) is 0 Å². The third-order valence-electron chi connectivity index (χ3n) is 5.70. The molecule has 0 fully saturated rings. The molecule has 0 saturated heterocycles. The molecule has 0 heterocycles. The Balaban J connectivity index is 1.60. The van der Waals surface area contributed by atoms with Crippen molar-refractivity contribution in [2.24, 2.45) is 0 Å². The topological polar surface area (TPSA) is 3.24 Å². The van der Waals surface area contributed by atoms with Crippen LogP contribution in [0.15, 0.2) is 133 Å². The first-order valence-corrected chi connectivity index (χ1v) is 11.0. The summed E-state index contributed by atoms with van der Waals surface area (Å²) in [5.41, 5.74) is 9.56. The second-order valence-corrected chi connectivity index (χ2v) is 8.00. The smallest absolute Gasteiger partial charge is 0.0467 e. The molecule has 0 atom stereocenters. The molecule has 0 unspecified atom stereocenters. The molecule has 0 aromatic heterocycles. The molecular weight excluding hydrogens is 386 g/mol. The summed E-state index contributed by atoms with van der Waals surface area (Å²) in [6.45, 7) is 2.14. The van der Waals surface area contributed by atoms with Crippen LogP contribution in [0.3, 0.4) is 0 Å². The third-order valence-corrected chi connectivity index (χ3v) is 5.70. The Labute approximate surface area is 190 Å². The van der Waals surface area contributed by atoms with Gasteiger partial charge in [0.2, 0.25) is 0 Å². The van der Waals surface area contributed by atoms with Crippen molar-refractivity contribution in [3.63, 3.8) is 0 Å². The maximum absolute atomic E-state index is 2.33. The lowest BCUT2D eigenvalue weighted by Gasteiger charge is -2.26. The predicted molar refractivity (Wildman–Crippen MR) is 137 cm³/mol. The first-order chi connectivity index (χ1) is 15.8. The van der Waals surface area contributed by atoms with Crippen LogP contribution in [0.4, 0.5) is 17.1 Å². The van der Waals surface area contributed by atoms with Crippen LogP contribution in [0.1, 0.15) is 5.56 Å². The number of anilines is 3. The summed E-state index contributed by atoms with van der Waals surface area (Å²) >= 11 is 0. The Kier molecular flexibility index (Phi) is 5.55. The van der Waals surface area contributed by atoms with Gasteiger partial charge >= 0.3 is 0 Å². The van der Waals surface area contributed by atoms with E-state index in [4.69, 9.17) is 0 Å². The average Bonchev–Trinajstić information content (AvgIpc) is 2.86. The Morgan fingerprint density at radius 2 is 0.875 bits per heavy atom. The number of aryl methyl sites for hydroxylation is 1. The highest BCUT2D eigenvalue weighted by Gasteiger charge is 2.14. The maximum Gasteiger partial charge on any atom is 0.0467 e. The zero-order valence-electron chi connectivity index (χ0n) is 18.1. The van der Waals surface area contributed by atoms with Crippen LogP contribution >= 0.6 is 0 Å². The molecule has 5 aromatic rings. The van der Waals surface area contributed by atoms with Gasteiger partial charge < -0.3 is 4.90 Å². The van der Waals surface area contributed by atoms with Crippen LogP contribution < -0.4 is 4.90 Å². The lowest BCUT2D eigenvalue weighted by molar-refractivity contribution is 1.27. The number of hydrogen-bond acceptors (Lipinski definition) is 1. The van der Waals surface area contributed by atoms with Gasteiger partial charge in [-0.25, -0.2) is 0 Å². The molecule has 0 aliphatic heterocycles. The van der Waals surface area contributed by atoms with Crippen molar-refractivity contribution in [1.29, 1.82) is 0 Å². The highest BCUT2D eigenvalue weighted by molar-refractivity contribution is 5.81. The fourth-order valence-corrected chi connectivity index (χ4v) is 4.10. The second kappa shape index (κ2) is 8.95. The van der Waals surface area contributed by atoms with Gasteiger partial charge in [-0.1, -0.05) is 97.1 Å². The van der Waals surface area contributed by atoms with Gasteiger partial charge in [0.1, 0.15) is 0 Å². The first kappa shape index (κ1) is 19.8. The van der Waals surface area contributed by atoms with Gasteiger partial charge in [0.05, 0.1) is 0 Å². The number of benzene rings is 5. The average molecular weight is 412 g/mol. The highest BCUT2D eigenvalue weighted by Crippen LogP contribution is 2.37. The van der Waals surface area contributed by atoms with E-state index in [-0.39, 0.29) is 0 Å². The SMILES string of the molecule is Cc1cccc(N(c2ccc(-c3ccccc3)cc2)c2cccc(-c3ccccc3)c2)c1. The summed E-state index contributed by atoms with van der Waals surface area (Å²) in [5, 5.41) is 0. The van der Waals surface area contributed by atoms with E-state index in [0.717, 1.165) is 17.1 Å². The molecule has 0 amide bonds. The fourth-order valence-electron chi connectivity index (χ4n) is 4.10. The van der Waals surface area contributed by atoms with Crippen LogP contribution in [0.2, 0.25) is 0 Å². The summed E-state index contributed by atoms with van der Waals surface area (Å²) in [4.78, 5) is 2.33. The Morgan fingerprint density at radius 1 is 0.375 bits per heavy atom. The van der Waals surface area contributed by atoms with Crippen molar-refractivity contribution in [2.75, 3.05) is 4.90 Å². The Bertz CT molecular complexity index is 1310. The van der Waals surface area contributed by atoms with E-state index >= 15 is 0 Å². The van der Waals surface area contributed by atoms with Crippen molar-refractivity contribution in [3.8, 4) is 22.3 Å². The highest BCUT2D eigenvalue weighted by atomic mass is 15.1. The maximum atomic E-state index is 2.33. The summed E-state index contributed by atoms with van der Waals surface area (Å²) in [6.07, 6.45) is 0. The lowest BCUT2D eigenvalue weighted by Crippen LogP contribution is -2.10. The van der Waals surface area contributed by atoms with Crippen molar-refractivity contribution in [3.05, 3.63) is 139 Å². The van der Waals surface area contributed by atoms with Crippen LogP contribution in [-0.4, -0.2) is 0 Å². The molecule has 0 radical (unpaired) electrons. The minimum Gasteiger partial charge on any atom is -0.310 e. The van der Waals surface area contributed by atoms with Crippen LogP contribution in [0.25, 0.3) is 22.3 Å². The van der Waals surface area contributed by atoms with Gasteiger partial charge in [-0.15, -0.1) is 0 Å². The van der Waals surface area contributed by atoms with Gasteiger partial charge in [0, 0.05) is 17.1 Å². The van der Waals surface area contributed by atoms with E-state index in [1.165, 1.54) is 27.8 Å². The first-order valence-electron chi connectivity index (χ1n) is 11.0. The minimum atomic E-state index is 1.14. The van der Waals surface area contributed by atoms with Crippen molar-refractivity contribution >= 4 is 17.1 Å². The quantitative estimate of drug-likeness (QED) is 0.279. The lowest BCUT2D eigenvalue weighted by atomic mass is 10.0. The molecule has 5 rings (SSSR count). The molecule has 0 aliphatic carbocycles. The fraction of sp³-hybridized carbons (Fsp3) is 0.0323. The number of hydrogen-bond donors (Lipinski definition) is 0. The molecule has 0 bridgehead atoms. The molecule has 1 nitrogen and oxygen atoms in total. The zero-order chi connectivity index (χ0) is 21.8. The van der Waals surface area contributed by atoms with E-state index < -0.39 is 0 Å².